The predicted molar refractivity (Wildman–Crippen MR) is 70.5 cm³/mol. The van der Waals surface area contributed by atoms with Gasteiger partial charge in [-0.3, -0.25) is 9.69 Å². The van der Waals surface area contributed by atoms with E-state index in [0.29, 0.717) is 12.6 Å². The van der Waals surface area contributed by atoms with Crippen LogP contribution in [-0.4, -0.2) is 62.8 Å². The quantitative estimate of drug-likeness (QED) is 0.654. The molecule has 18 heavy (non-hydrogen) atoms. The van der Waals surface area contributed by atoms with Gasteiger partial charge >= 0.3 is 0 Å². The molecule has 104 valence electrons. The third kappa shape index (κ3) is 4.92. The molecule has 0 spiro atoms. The highest BCUT2D eigenvalue weighted by Crippen LogP contribution is 2.17. The van der Waals surface area contributed by atoms with Crippen LogP contribution in [0.3, 0.4) is 0 Å². The van der Waals surface area contributed by atoms with Crippen LogP contribution in [0.1, 0.15) is 25.7 Å². The Morgan fingerprint density at radius 2 is 2.00 bits per heavy atom. The molecule has 5 nitrogen and oxygen atoms in total. The molecular formula is C13H25N3O2. The summed E-state index contributed by atoms with van der Waals surface area (Å²) in [4.78, 5) is 14.0. The molecule has 0 radical (unpaired) electrons. The first kappa shape index (κ1) is 13.8. The molecule has 0 aromatic carbocycles. The lowest BCUT2D eigenvalue weighted by atomic mass is 10.2. The predicted octanol–water partition coefficient (Wildman–Crippen LogP) is -0.0330. The molecule has 0 atom stereocenters. The maximum absolute atomic E-state index is 11.6. The molecule has 0 unspecified atom stereocenters. The van der Waals surface area contributed by atoms with Gasteiger partial charge in [-0.25, -0.2) is 0 Å². The Kier molecular flexibility index (Phi) is 5.90. The maximum Gasteiger partial charge on any atom is 0.246 e. The largest absolute Gasteiger partial charge is 0.370 e. The van der Waals surface area contributed by atoms with E-state index in [1.807, 2.05) is 0 Å². The van der Waals surface area contributed by atoms with Crippen molar-refractivity contribution < 1.29 is 9.53 Å². The van der Waals surface area contributed by atoms with Crippen LogP contribution in [0, 0.1) is 0 Å². The van der Waals surface area contributed by atoms with Crippen LogP contribution >= 0.6 is 0 Å². The molecule has 1 saturated carbocycles. The Balaban J connectivity index is 1.47. The molecule has 2 aliphatic rings. The van der Waals surface area contributed by atoms with Crippen molar-refractivity contribution in [2.45, 2.75) is 31.7 Å². The van der Waals surface area contributed by atoms with Crippen molar-refractivity contribution in [2.24, 2.45) is 0 Å². The zero-order valence-corrected chi connectivity index (χ0v) is 11.1. The zero-order chi connectivity index (χ0) is 12.6. The maximum atomic E-state index is 11.6. The first-order valence-electron chi connectivity index (χ1n) is 7.15. The average Bonchev–Trinajstić information content (AvgIpc) is 2.89. The normalized spacial score (nSPS) is 22.2. The number of nitrogens with zero attached hydrogens (tertiary/aromatic N) is 1. The number of ether oxygens (including phenoxy) is 1. The fourth-order valence-corrected chi connectivity index (χ4v) is 2.63. The second kappa shape index (κ2) is 7.71. The summed E-state index contributed by atoms with van der Waals surface area (Å²) >= 11 is 0. The lowest BCUT2D eigenvalue weighted by molar-refractivity contribution is -0.126. The van der Waals surface area contributed by atoms with Crippen molar-refractivity contribution in [3.05, 3.63) is 0 Å². The highest BCUT2D eigenvalue weighted by Gasteiger charge is 2.17. The molecule has 5 heteroatoms. The number of rotatable bonds is 6. The topological polar surface area (TPSA) is 53.6 Å². The summed E-state index contributed by atoms with van der Waals surface area (Å²) in [5, 5.41) is 6.35. The van der Waals surface area contributed by atoms with Crippen molar-refractivity contribution in [1.29, 1.82) is 0 Å². The fraction of sp³-hybridized carbons (Fsp3) is 0.923. The second-order valence-corrected chi connectivity index (χ2v) is 5.19. The highest BCUT2D eigenvalue weighted by atomic mass is 16.5. The van der Waals surface area contributed by atoms with E-state index < -0.39 is 0 Å². The van der Waals surface area contributed by atoms with Gasteiger partial charge in [-0.2, -0.15) is 0 Å². The summed E-state index contributed by atoms with van der Waals surface area (Å²) in [7, 11) is 0. The van der Waals surface area contributed by atoms with Crippen molar-refractivity contribution in [3.8, 4) is 0 Å². The van der Waals surface area contributed by atoms with Crippen LogP contribution in [0.25, 0.3) is 0 Å². The van der Waals surface area contributed by atoms with Gasteiger partial charge in [0.05, 0.1) is 6.61 Å². The summed E-state index contributed by atoms with van der Waals surface area (Å²) in [6.45, 7) is 6.07. The van der Waals surface area contributed by atoms with Crippen LogP contribution in [0.5, 0.6) is 0 Å². The first-order valence-corrected chi connectivity index (χ1v) is 7.15. The van der Waals surface area contributed by atoms with E-state index in [1.165, 1.54) is 12.8 Å². The average molecular weight is 255 g/mol. The van der Waals surface area contributed by atoms with E-state index in [0.717, 1.165) is 45.6 Å². The summed E-state index contributed by atoms with van der Waals surface area (Å²) in [6.07, 6.45) is 4.75. The molecule has 1 saturated heterocycles. The Morgan fingerprint density at radius 1 is 1.28 bits per heavy atom. The molecule has 1 aliphatic carbocycles. The van der Waals surface area contributed by atoms with Gasteiger partial charge in [-0.05, 0) is 12.8 Å². The number of amides is 1. The Bertz CT molecular complexity index is 249. The number of piperazine rings is 1. The van der Waals surface area contributed by atoms with E-state index >= 15 is 0 Å². The number of nitrogens with one attached hydrogen (secondary N) is 2. The van der Waals surface area contributed by atoms with Crippen LogP contribution in [0.4, 0.5) is 0 Å². The van der Waals surface area contributed by atoms with Crippen LogP contribution in [0.15, 0.2) is 0 Å². The number of hydrogen-bond donors (Lipinski definition) is 2. The molecule has 2 rings (SSSR count). The van der Waals surface area contributed by atoms with Crippen LogP contribution in [0.2, 0.25) is 0 Å². The lowest BCUT2D eigenvalue weighted by Gasteiger charge is -2.26. The van der Waals surface area contributed by atoms with E-state index in [2.05, 4.69) is 15.5 Å². The van der Waals surface area contributed by atoms with Gasteiger partial charge in [0.25, 0.3) is 0 Å². The zero-order valence-electron chi connectivity index (χ0n) is 11.1. The highest BCUT2D eigenvalue weighted by molar-refractivity contribution is 5.77. The third-order valence-electron chi connectivity index (χ3n) is 3.71. The Morgan fingerprint density at radius 3 is 2.72 bits per heavy atom. The molecular weight excluding hydrogens is 230 g/mol. The standard InChI is InChI=1S/C13H25N3O2/c17-13(15-12-3-1-2-4-12)11-18-10-9-16-7-5-14-6-8-16/h12,14H,1-11H2,(H,15,17). The second-order valence-electron chi connectivity index (χ2n) is 5.19. The van der Waals surface area contributed by atoms with Crippen molar-refractivity contribution in [2.75, 3.05) is 45.9 Å². The van der Waals surface area contributed by atoms with Gasteiger partial charge in [-0.1, -0.05) is 12.8 Å². The minimum atomic E-state index is 0.0437. The van der Waals surface area contributed by atoms with Gasteiger partial charge in [-0.15, -0.1) is 0 Å². The molecule has 1 heterocycles. The number of carbonyl (C=O) groups is 1. The first-order chi connectivity index (χ1) is 8.84. The monoisotopic (exact) mass is 255 g/mol. The molecule has 0 bridgehead atoms. The van der Waals surface area contributed by atoms with E-state index in [-0.39, 0.29) is 12.5 Å². The molecule has 2 N–H and O–H groups in total. The van der Waals surface area contributed by atoms with Gasteiger partial charge in [0.15, 0.2) is 0 Å². The number of hydrogen-bond acceptors (Lipinski definition) is 4. The molecule has 2 fully saturated rings. The van der Waals surface area contributed by atoms with Gasteiger partial charge < -0.3 is 15.4 Å². The number of carbonyl (C=O) groups excluding carboxylic acids is 1. The summed E-state index contributed by atoms with van der Waals surface area (Å²) in [6, 6.07) is 0.397. The molecule has 1 amide bonds. The smallest absolute Gasteiger partial charge is 0.246 e. The van der Waals surface area contributed by atoms with Crippen LogP contribution in [-0.2, 0) is 9.53 Å². The third-order valence-corrected chi connectivity index (χ3v) is 3.71. The Hall–Kier alpha value is -0.650. The molecule has 1 aliphatic heterocycles. The van der Waals surface area contributed by atoms with Gasteiger partial charge in [0.2, 0.25) is 5.91 Å². The van der Waals surface area contributed by atoms with E-state index in [9.17, 15) is 4.79 Å². The van der Waals surface area contributed by atoms with E-state index in [1.54, 1.807) is 0 Å². The van der Waals surface area contributed by atoms with Crippen molar-refractivity contribution in [3.63, 3.8) is 0 Å². The van der Waals surface area contributed by atoms with Crippen molar-refractivity contribution >= 4 is 5.91 Å². The van der Waals surface area contributed by atoms with Gasteiger partial charge in [0, 0.05) is 38.8 Å². The SMILES string of the molecule is O=C(COCCN1CCNCC1)NC1CCCC1. The van der Waals surface area contributed by atoms with Gasteiger partial charge in [0.1, 0.15) is 6.61 Å². The minimum absolute atomic E-state index is 0.0437. The van der Waals surface area contributed by atoms with E-state index in [4.69, 9.17) is 4.74 Å². The molecule has 0 aromatic rings. The summed E-state index contributed by atoms with van der Waals surface area (Å²) in [5.74, 6) is 0.0437. The minimum Gasteiger partial charge on any atom is -0.370 e. The fourth-order valence-electron chi connectivity index (χ4n) is 2.63. The lowest BCUT2D eigenvalue weighted by Crippen LogP contribution is -2.44. The van der Waals surface area contributed by atoms with Crippen molar-refractivity contribution in [1.82, 2.24) is 15.5 Å². The summed E-state index contributed by atoms with van der Waals surface area (Å²) < 4.78 is 5.43. The summed E-state index contributed by atoms with van der Waals surface area (Å²) in [5.41, 5.74) is 0. The Labute approximate surface area is 109 Å². The van der Waals surface area contributed by atoms with Crippen LogP contribution < -0.4 is 10.6 Å². The molecule has 0 aromatic heterocycles.